The van der Waals surface area contributed by atoms with Gasteiger partial charge in [0, 0.05) is 16.3 Å². The molecular weight excluding hydrogens is 467 g/mol. The van der Waals surface area contributed by atoms with Crippen molar-refractivity contribution < 1.29 is 4.79 Å². The summed E-state index contributed by atoms with van der Waals surface area (Å²) in [7, 11) is 0. The predicted octanol–water partition coefficient (Wildman–Crippen LogP) is 5.77. The van der Waals surface area contributed by atoms with E-state index in [0.717, 1.165) is 14.4 Å². The Hall–Kier alpha value is -1.58. The Morgan fingerprint density at radius 3 is 2.55 bits per heavy atom. The van der Waals surface area contributed by atoms with Gasteiger partial charge in [-0.15, -0.1) is 10.2 Å². The van der Waals surface area contributed by atoms with Crippen LogP contribution in [0.4, 0.5) is 0 Å². The van der Waals surface area contributed by atoms with Crippen molar-refractivity contribution in [3.05, 3.63) is 69.7 Å². The van der Waals surface area contributed by atoms with Crippen LogP contribution in [0.3, 0.4) is 0 Å². The molecule has 0 atom stereocenters. The molecule has 0 aliphatic heterocycles. The average Bonchev–Trinajstić information content (AvgIpc) is 3.17. The normalized spacial score (nSPS) is 11.5. The summed E-state index contributed by atoms with van der Waals surface area (Å²) >= 11 is 16.5. The van der Waals surface area contributed by atoms with Crippen LogP contribution in [0.2, 0.25) is 10.0 Å². The second-order valence-corrected chi connectivity index (χ2v) is 10.0. The van der Waals surface area contributed by atoms with Gasteiger partial charge in [0.25, 0.3) is 5.91 Å². The van der Waals surface area contributed by atoms with Crippen LogP contribution in [0, 0.1) is 0 Å². The quantitative estimate of drug-likeness (QED) is 0.250. The second-order valence-electron chi connectivity index (χ2n) is 5.75. The summed E-state index contributed by atoms with van der Waals surface area (Å²) < 4.78 is 1.63. The van der Waals surface area contributed by atoms with E-state index in [2.05, 4.69) is 32.9 Å². The van der Waals surface area contributed by atoms with Gasteiger partial charge in [-0.25, -0.2) is 5.43 Å². The number of hydrogen-bond donors (Lipinski definition) is 1. The Kier molecular flexibility index (Phi) is 8.38. The maximum absolute atomic E-state index is 12.1. The molecule has 0 radical (unpaired) electrons. The Labute approximate surface area is 191 Å². The Bertz CT molecular complexity index is 1010. The van der Waals surface area contributed by atoms with Crippen molar-refractivity contribution in [2.45, 2.75) is 21.4 Å². The molecule has 3 aromatic rings. The van der Waals surface area contributed by atoms with Crippen molar-refractivity contribution in [3.8, 4) is 0 Å². The van der Waals surface area contributed by atoms with Gasteiger partial charge < -0.3 is 0 Å². The summed E-state index contributed by atoms with van der Waals surface area (Å²) in [4.78, 5) is 12.1. The summed E-state index contributed by atoms with van der Waals surface area (Å²) in [6.45, 7) is 1.77. The molecule has 0 bridgehead atoms. The molecule has 1 amide bonds. The second kappa shape index (κ2) is 11.0. The number of thioether (sulfide) groups is 2. The number of rotatable bonds is 8. The van der Waals surface area contributed by atoms with E-state index in [1.54, 1.807) is 36.9 Å². The molecule has 0 unspecified atom stereocenters. The molecule has 0 fully saturated rings. The number of nitrogens with zero attached hydrogens (tertiary/aromatic N) is 3. The summed E-state index contributed by atoms with van der Waals surface area (Å²) in [6.07, 6.45) is 0. The van der Waals surface area contributed by atoms with E-state index >= 15 is 0 Å². The summed E-state index contributed by atoms with van der Waals surface area (Å²) in [6, 6.07) is 15.3. The van der Waals surface area contributed by atoms with Crippen LogP contribution in [0.1, 0.15) is 18.1 Å². The molecule has 1 N–H and O–H groups in total. The lowest BCUT2D eigenvalue weighted by atomic mass is 10.1. The summed E-state index contributed by atoms with van der Waals surface area (Å²) in [5, 5.41) is 13.4. The van der Waals surface area contributed by atoms with Crippen LogP contribution in [-0.2, 0) is 10.5 Å². The Morgan fingerprint density at radius 1 is 1.10 bits per heavy atom. The zero-order chi connectivity index (χ0) is 20.6. The zero-order valence-electron chi connectivity index (χ0n) is 15.3. The van der Waals surface area contributed by atoms with E-state index in [1.807, 2.05) is 18.2 Å². The largest absolute Gasteiger partial charge is 0.272 e. The lowest BCUT2D eigenvalue weighted by Gasteiger charge is -2.05. The minimum absolute atomic E-state index is 0.198. The molecule has 150 valence electrons. The highest BCUT2D eigenvalue weighted by Gasteiger charge is 2.10. The van der Waals surface area contributed by atoms with Crippen LogP contribution in [-0.4, -0.2) is 27.6 Å². The van der Waals surface area contributed by atoms with Crippen molar-refractivity contribution in [2.24, 2.45) is 5.10 Å². The Balaban J connectivity index is 1.46. The van der Waals surface area contributed by atoms with Crippen LogP contribution in [0.25, 0.3) is 0 Å². The monoisotopic (exact) mass is 482 g/mol. The number of amides is 1. The van der Waals surface area contributed by atoms with Gasteiger partial charge in [-0.3, -0.25) is 4.79 Å². The molecule has 29 heavy (non-hydrogen) atoms. The first kappa shape index (κ1) is 22.1. The smallest absolute Gasteiger partial charge is 0.250 e. The molecule has 2 aromatic carbocycles. The molecule has 0 saturated carbocycles. The van der Waals surface area contributed by atoms with Crippen molar-refractivity contribution in [3.63, 3.8) is 0 Å². The van der Waals surface area contributed by atoms with E-state index < -0.39 is 0 Å². The van der Waals surface area contributed by atoms with Crippen molar-refractivity contribution >= 4 is 69.7 Å². The third-order valence-corrected chi connectivity index (χ3v) is 7.40. The van der Waals surface area contributed by atoms with Gasteiger partial charge in [0.2, 0.25) is 0 Å². The third kappa shape index (κ3) is 7.01. The number of nitrogens with one attached hydrogen (secondary N) is 1. The molecule has 0 aliphatic carbocycles. The number of hydrogen-bond acceptors (Lipinski definition) is 7. The molecule has 0 spiro atoms. The minimum atomic E-state index is -0.229. The number of aromatic nitrogens is 2. The number of halogens is 2. The highest BCUT2D eigenvalue weighted by Crippen LogP contribution is 2.30. The van der Waals surface area contributed by atoms with Crippen molar-refractivity contribution in [1.82, 2.24) is 15.6 Å². The number of carbonyl (C=O) groups is 1. The fourth-order valence-electron chi connectivity index (χ4n) is 2.18. The number of carbonyl (C=O) groups excluding carboxylic acids is 1. The minimum Gasteiger partial charge on any atom is -0.272 e. The van der Waals surface area contributed by atoms with Gasteiger partial charge in [0.1, 0.15) is 0 Å². The first-order valence-corrected chi connectivity index (χ1v) is 12.0. The highest BCUT2D eigenvalue weighted by molar-refractivity contribution is 8.03. The Morgan fingerprint density at radius 2 is 1.83 bits per heavy atom. The number of benzene rings is 2. The molecule has 1 aromatic heterocycles. The number of hydrazone groups is 1. The first-order chi connectivity index (χ1) is 14.0. The SMILES string of the molecule is C/C(=N\NC(=O)CSc1nnc(SCc2ccccc2)s1)c1ccc(Cl)cc1Cl. The van der Waals surface area contributed by atoms with E-state index in [0.29, 0.717) is 21.3 Å². The fourth-order valence-corrected chi connectivity index (χ4v) is 5.50. The molecule has 0 saturated heterocycles. The van der Waals surface area contributed by atoms with E-state index in [4.69, 9.17) is 23.2 Å². The molecule has 10 heteroatoms. The van der Waals surface area contributed by atoms with Gasteiger partial charge >= 0.3 is 0 Å². The van der Waals surface area contributed by atoms with Crippen molar-refractivity contribution in [1.29, 1.82) is 0 Å². The van der Waals surface area contributed by atoms with Crippen molar-refractivity contribution in [2.75, 3.05) is 5.75 Å². The maximum atomic E-state index is 12.1. The zero-order valence-corrected chi connectivity index (χ0v) is 19.2. The molecule has 3 rings (SSSR count). The third-order valence-electron chi connectivity index (χ3n) is 3.59. The molecule has 0 aliphatic rings. The maximum Gasteiger partial charge on any atom is 0.250 e. The summed E-state index contributed by atoms with van der Waals surface area (Å²) in [5.74, 6) is 0.804. The van der Waals surface area contributed by atoms with E-state index in [-0.39, 0.29) is 11.7 Å². The standard InChI is InChI=1S/C19H16Cl2N4OS3/c1-12(15-8-7-14(20)9-16(15)21)22-23-17(26)11-28-19-25-24-18(29-19)27-10-13-5-3-2-4-6-13/h2-9H,10-11H2,1H3,(H,23,26)/b22-12+. The summed E-state index contributed by atoms with van der Waals surface area (Å²) in [5.41, 5.74) is 5.08. The van der Waals surface area contributed by atoms with Gasteiger partial charge in [-0.05, 0) is 24.6 Å². The van der Waals surface area contributed by atoms with Crippen LogP contribution in [0.15, 0.2) is 62.3 Å². The first-order valence-electron chi connectivity index (χ1n) is 8.43. The van der Waals surface area contributed by atoms with Gasteiger partial charge in [0.05, 0.1) is 16.5 Å². The van der Waals surface area contributed by atoms with Crippen LogP contribution < -0.4 is 5.43 Å². The molecule has 5 nitrogen and oxygen atoms in total. The lowest BCUT2D eigenvalue weighted by molar-refractivity contribution is -0.118. The van der Waals surface area contributed by atoms with Gasteiger partial charge in [0.15, 0.2) is 8.68 Å². The topological polar surface area (TPSA) is 67.2 Å². The van der Waals surface area contributed by atoms with E-state index in [9.17, 15) is 4.79 Å². The highest BCUT2D eigenvalue weighted by atomic mass is 35.5. The molecule has 1 heterocycles. The van der Waals surface area contributed by atoms with Gasteiger partial charge in [-0.2, -0.15) is 5.10 Å². The van der Waals surface area contributed by atoms with Crippen LogP contribution >= 0.6 is 58.1 Å². The lowest BCUT2D eigenvalue weighted by Crippen LogP contribution is -2.21. The van der Waals surface area contributed by atoms with E-state index in [1.165, 1.54) is 28.7 Å². The van der Waals surface area contributed by atoms with Crippen LogP contribution in [0.5, 0.6) is 0 Å². The average molecular weight is 483 g/mol. The fraction of sp³-hybridized carbons (Fsp3) is 0.158. The molecular formula is C19H16Cl2N4OS3. The predicted molar refractivity (Wildman–Crippen MR) is 123 cm³/mol. The van der Waals surface area contributed by atoms with Gasteiger partial charge in [-0.1, -0.05) is 94.5 Å².